The average Bonchev–Trinajstić information content (AvgIpc) is 2.31. The van der Waals surface area contributed by atoms with Gasteiger partial charge in [-0.25, -0.2) is 0 Å². The second kappa shape index (κ2) is 11.3. The molecular weight excluding hydrogens is 453 g/mol. The summed E-state index contributed by atoms with van der Waals surface area (Å²) in [4.78, 5) is 0. The molecule has 0 aromatic rings. The molecule has 0 amide bonds. The highest BCUT2D eigenvalue weighted by Gasteiger charge is 2.30. The first-order valence-electron chi connectivity index (χ1n) is 6.60. The second-order valence-electron chi connectivity index (χ2n) is 4.50. The molecule has 3 aliphatic heterocycles. The van der Waals surface area contributed by atoms with E-state index < -0.39 is 0 Å². The van der Waals surface area contributed by atoms with Crippen molar-refractivity contribution in [2.45, 2.75) is 19.7 Å². The molecule has 3 heterocycles. The van der Waals surface area contributed by atoms with Crippen molar-refractivity contribution < 1.29 is 0 Å². The maximum atomic E-state index is 2.19. The van der Waals surface area contributed by atoms with Gasteiger partial charge in [0.25, 0.3) is 0 Å². The summed E-state index contributed by atoms with van der Waals surface area (Å²) in [5.74, 6) is 5.51. The highest BCUT2D eigenvalue weighted by Crippen LogP contribution is 2.51. The Balaban J connectivity index is 1.24. The van der Waals surface area contributed by atoms with Crippen molar-refractivity contribution in [2.24, 2.45) is 0 Å². The maximum Gasteiger partial charge on any atom is 0.0730 e. The summed E-state index contributed by atoms with van der Waals surface area (Å²) in [7, 11) is 8.44. The Morgan fingerprint density at radius 3 is 1.67 bits per heavy atom. The van der Waals surface area contributed by atoms with Gasteiger partial charge in [-0.2, -0.15) is 23.5 Å². The quantitative estimate of drug-likeness (QED) is 0.187. The summed E-state index contributed by atoms with van der Waals surface area (Å²) in [5.41, 5.74) is 0. The minimum atomic E-state index is 0.793. The molecule has 122 valence electrons. The van der Waals surface area contributed by atoms with E-state index in [1.165, 1.54) is 38.3 Å². The molecule has 0 spiro atoms. The highest BCUT2D eigenvalue weighted by molar-refractivity contribution is 8.79. The van der Waals surface area contributed by atoms with Crippen LogP contribution in [-0.2, 0) is 0 Å². The third-order valence-corrected chi connectivity index (χ3v) is 19.6. The van der Waals surface area contributed by atoms with Crippen molar-refractivity contribution in [2.75, 3.05) is 38.3 Å². The lowest BCUT2D eigenvalue weighted by atomic mass is 10.5. The number of hydrogen-bond acceptors (Lipinski definition) is 10. The van der Waals surface area contributed by atoms with Gasteiger partial charge in [0, 0.05) is 38.6 Å². The van der Waals surface area contributed by atoms with Crippen LogP contribution >= 0.6 is 114 Å². The standard InChI is InChI=1S/C11H18S10/c1-8(2-12-1)20-18-6-16-11(10-14-5-15-10)17-7-19-21-9-3-13-4-9/h8-11H,1-7H2. The fourth-order valence-electron chi connectivity index (χ4n) is 1.49. The summed E-state index contributed by atoms with van der Waals surface area (Å²) in [6, 6.07) is 0. The van der Waals surface area contributed by atoms with E-state index in [1.54, 1.807) is 0 Å². The van der Waals surface area contributed by atoms with Gasteiger partial charge < -0.3 is 0 Å². The molecule has 21 heavy (non-hydrogen) atoms. The largest absolute Gasteiger partial charge is 0.160 e. The van der Waals surface area contributed by atoms with Crippen LogP contribution in [0, 0.1) is 0 Å². The molecule has 3 saturated heterocycles. The van der Waals surface area contributed by atoms with E-state index in [2.05, 4.69) is 114 Å². The normalized spacial score (nSPS) is 23.9. The van der Waals surface area contributed by atoms with Crippen LogP contribution in [-0.4, -0.2) is 57.9 Å². The molecule has 0 nitrogen and oxygen atoms in total. The summed E-state index contributed by atoms with van der Waals surface area (Å²) >= 11 is 12.9. The summed E-state index contributed by atoms with van der Waals surface area (Å²) in [5, 5.41) is 5.71. The van der Waals surface area contributed by atoms with Gasteiger partial charge in [-0.3, -0.25) is 0 Å². The first kappa shape index (κ1) is 19.3. The van der Waals surface area contributed by atoms with Gasteiger partial charge in [0.05, 0.1) is 19.3 Å². The van der Waals surface area contributed by atoms with E-state index in [9.17, 15) is 0 Å². The van der Waals surface area contributed by atoms with E-state index in [-0.39, 0.29) is 0 Å². The van der Waals surface area contributed by atoms with Crippen LogP contribution in [0.5, 0.6) is 0 Å². The van der Waals surface area contributed by atoms with Gasteiger partial charge in [-0.05, 0) is 0 Å². The summed E-state index contributed by atoms with van der Waals surface area (Å²) in [6.45, 7) is 0. The van der Waals surface area contributed by atoms with E-state index in [4.69, 9.17) is 0 Å². The Bertz CT molecular complexity index is 269. The van der Waals surface area contributed by atoms with E-state index >= 15 is 0 Å². The van der Waals surface area contributed by atoms with Gasteiger partial charge in [-0.1, -0.05) is 43.2 Å². The van der Waals surface area contributed by atoms with Crippen LogP contribution in [0.4, 0.5) is 0 Å². The molecule has 3 rings (SSSR count). The molecule has 0 N–H and O–H groups in total. The molecule has 0 bridgehead atoms. The first-order chi connectivity index (χ1) is 10.4. The van der Waals surface area contributed by atoms with E-state index in [0.29, 0.717) is 0 Å². The van der Waals surface area contributed by atoms with Crippen molar-refractivity contribution in [3.05, 3.63) is 0 Å². The van der Waals surface area contributed by atoms with Crippen LogP contribution in [0.25, 0.3) is 0 Å². The van der Waals surface area contributed by atoms with Crippen molar-refractivity contribution in [1.29, 1.82) is 0 Å². The Hall–Kier alpha value is 3.50. The number of thioether (sulfide) groups is 6. The third kappa shape index (κ3) is 6.96. The van der Waals surface area contributed by atoms with Gasteiger partial charge in [-0.15, -0.1) is 47.0 Å². The fraction of sp³-hybridized carbons (Fsp3) is 1.00. The fourth-order valence-corrected chi connectivity index (χ4v) is 17.0. The van der Waals surface area contributed by atoms with E-state index in [1.807, 2.05) is 0 Å². The van der Waals surface area contributed by atoms with Gasteiger partial charge >= 0.3 is 0 Å². The Labute approximate surface area is 169 Å². The van der Waals surface area contributed by atoms with Crippen molar-refractivity contribution in [3.8, 4) is 0 Å². The lowest BCUT2D eigenvalue weighted by Gasteiger charge is -2.32. The molecule has 0 aromatic heterocycles. The maximum absolute atomic E-state index is 2.19. The zero-order valence-electron chi connectivity index (χ0n) is 11.3. The third-order valence-electron chi connectivity index (χ3n) is 2.87. The molecule has 0 aliphatic carbocycles. The topological polar surface area (TPSA) is 0 Å². The molecule has 3 fully saturated rings. The Morgan fingerprint density at radius 2 is 1.33 bits per heavy atom. The van der Waals surface area contributed by atoms with Crippen LogP contribution in [0.3, 0.4) is 0 Å². The highest BCUT2D eigenvalue weighted by atomic mass is 33.1. The Morgan fingerprint density at radius 1 is 0.810 bits per heavy atom. The smallest absolute Gasteiger partial charge is 0.0730 e. The van der Waals surface area contributed by atoms with Gasteiger partial charge in [0.15, 0.2) is 0 Å². The molecular formula is C11H18S10. The van der Waals surface area contributed by atoms with Crippen molar-refractivity contribution in [1.82, 2.24) is 0 Å². The predicted molar refractivity (Wildman–Crippen MR) is 125 cm³/mol. The van der Waals surface area contributed by atoms with Crippen LogP contribution in [0.2, 0.25) is 0 Å². The van der Waals surface area contributed by atoms with Gasteiger partial charge in [0.2, 0.25) is 0 Å². The SMILES string of the molecule is C(SSC1CSC1)SC(SCSSC1CSC1)C1SCS1. The minimum absolute atomic E-state index is 0.793. The zero-order chi connectivity index (χ0) is 14.3. The molecule has 0 aromatic carbocycles. The second-order valence-corrected chi connectivity index (χ2v) is 18.2. The lowest BCUT2D eigenvalue weighted by Crippen LogP contribution is -2.21. The van der Waals surface area contributed by atoms with Crippen molar-refractivity contribution in [3.63, 3.8) is 0 Å². The molecule has 3 aliphatic rings. The zero-order valence-corrected chi connectivity index (χ0v) is 19.5. The number of hydrogen-bond donors (Lipinski definition) is 0. The monoisotopic (exact) mass is 470 g/mol. The molecule has 10 heteroatoms. The predicted octanol–water partition coefficient (Wildman–Crippen LogP) is 6.45. The lowest BCUT2D eigenvalue weighted by molar-refractivity contribution is 1.09. The van der Waals surface area contributed by atoms with Crippen LogP contribution < -0.4 is 0 Å². The molecule has 0 atom stereocenters. The molecule has 0 saturated carbocycles. The van der Waals surface area contributed by atoms with Gasteiger partial charge in [0.1, 0.15) is 0 Å². The van der Waals surface area contributed by atoms with Crippen LogP contribution in [0.1, 0.15) is 0 Å². The van der Waals surface area contributed by atoms with Crippen LogP contribution in [0.15, 0.2) is 0 Å². The van der Waals surface area contributed by atoms with Crippen molar-refractivity contribution >= 4 is 114 Å². The minimum Gasteiger partial charge on any atom is -0.160 e. The van der Waals surface area contributed by atoms with E-state index in [0.717, 1.165) is 19.7 Å². The average molecular weight is 471 g/mol. The molecule has 0 radical (unpaired) electrons. The summed E-state index contributed by atoms with van der Waals surface area (Å²) in [6.07, 6.45) is 0. The first-order valence-corrected chi connectivity index (χ1v) is 17.9. The molecule has 0 unspecified atom stereocenters. The Kier molecular flexibility index (Phi) is 10.3. The summed E-state index contributed by atoms with van der Waals surface area (Å²) < 4.78 is 1.64. The number of rotatable bonds is 11.